The summed E-state index contributed by atoms with van der Waals surface area (Å²) in [7, 11) is 0. The summed E-state index contributed by atoms with van der Waals surface area (Å²) >= 11 is 0. The maximum Gasteiger partial charge on any atom is 0.220 e. The second kappa shape index (κ2) is 52.7. The molecule has 3 aliphatic heterocycles. The van der Waals surface area contributed by atoms with Crippen LogP contribution in [-0.2, 0) is 33.2 Å². The lowest BCUT2D eigenvalue weighted by Crippen LogP contribution is -2.66. The fourth-order valence-electron chi connectivity index (χ4n) is 11.7. The van der Waals surface area contributed by atoms with Gasteiger partial charge in [0.2, 0.25) is 5.91 Å². The molecule has 0 aromatic carbocycles. The predicted octanol–water partition coefficient (Wildman–Crippen LogP) is 9.55. The second-order valence-corrected chi connectivity index (χ2v) is 25.3. The van der Waals surface area contributed by atoms with Gasteiger partial charge in [0.25, 0.3) is 0 Å². The molecule has 0 spiro atoms. The number of hydrogen-bond donors (Lipinski definition) is 12. The summed E-state index contributed by atoms with van der Waals surface area (Å²) in [5.74, 6) is -0.289. The minimum Gasteiger partial charge on any atom is -0.394 e. The van der Waals surface area contributed by atoms with Crippen LogP contribution in [-0.4, -0.2) is 193 Å². The van der Waals surface area contributed by atoms with E-state index in [-0.39, 0.29) is 18.9 Å². The smallest absolute Gasteiger partial charge is 0.220 e. The molecular weight excluding hydrogens is 1150 g/mol. The highest BCUT2D eigenvalue weighted by Gasteiger charge is 2.53. The number of carbonyl (C=O) groups is 1. The van der Waals surface area contributed by atoms with Gasteiger partial charge in [0.05, 0.1) is 38.6 Å². The Morgan fingerprint density at radius 1 is 0.400 bits per heavy atom. The molecule has 0 aromatic rings. The van der Waals surface area contributed by atoms with Crippen molar-refractivity contribution < 1.29 is 89.4 Å². The van der Waals surface area contributed by atoms with Gasteiger partial charge in [-0.25, -0.2) is 0 Å². The zero-order valence-electron chi connectivity index (χ0n) is 55.4. The fraction of sp³-hybridized carbons (Fsp3) is 0.845. The van der Waals surface area contributed by atoms with Crippen molar-refractivity contribution in [2.45, 2.75) is 356 Å². The third kappa shape index (κ3) is 34.2. The quantitative estimate of drug-likeness (QED) is 0.0199. The SMILES string of the molecule is CCCCCCC/C=C\C/C=C\CCCCCCCCCCCCCCCCCCCC(=O)NC(COC1OC(CO)C(OC2OC(CO)C(OC3OC(CO)C(O)C(O)C3O)C(O)C2O)C(O)C1O)C(O)/C=C/CC/C=C/CC/C=C/CCCCCCCC. The lowest BCUT2D eigenvalue weighted by atomic mass is 9.96. The normalized spacial score (nSPS) is 28.4. The van der Waals surface area contributed by atoms with Crippen LogP contribution >= 0.6 is 0 Å². The number of amides is 1. The topological polar surface area (TPSA) is 307 Å². The van der Waals surface area contributed by atoms with Crippen LogP contribution < -0.4 is 5.32 Å². The van der Waals surface area contributed by atoms with Gasteiger partial charge < -0.3 is 89.9 Å². The number of nitrogens with one attached hydrogen (secondary N) is 1. The highest BCUT2D eigenvalue weighted by atomic mass is 16.8. The molecule has 17 unspecified atom stereocenters. The molecule has 0 aliphatic carbocycles. The van der Waals surface area contributed by atoms with Crippen molar-refractivity contribution in [1.82, 2.24) is 5.32 Å². The van der Waals surface area contributed by atoms with Crippen LogP contribution in [0.2, 0.25) is 0 Å². The summed E-state index contributed by atoms with van der Waals surface area (Å²) in [5, 5.41) is 120. The Kier molecular flexibility index (Phi) is 47.9. The lowest BCUT2D eigenvalue weighted by molar-refractivity contribution is -0.379. The Balaban J connectivity index is 1.41. The van der Waals surface area contributed by atoms with E-state index in [1.165, 1.54) is 167 Å². The Bertz CT molecular complexity index is 1870. The second-order valence-electron chi connectivity index (χ2n) is 25.3. The molecule has 0 aromatic heterocycles. The van der Waals surface area contributed by atoms with Gasteiger partial charge in [-0.3, -0.25) is 4.79 Å². The van der Waals surface area contributed by atoms with Crippen LogP contribution in [0.25, 0.3) is 0 Å². The average molecular weight is 1280 g/mol. The van der Waals surface area contributed by atoms with Crippen LogP contribution in [0.15, 0.2) is 60.8 Å². The van der Waals surface area contributed by atoms with Crippen molar-refractivity contribution in [1.29, 1.82) is 0 Å². The molecule has 3 fully saturated rings. The minimum absolute atomic E-state index is 0.232. The molecule has 90 heavy (non-hydrogen) atoms. The number of allylic oxidation sites excluding steroid dienone is 9. The van der Waals surface area contributed by atoms with Gasteiger partial charge in [0.1, 0.15) is 73.2 Å². The van der Waals surface area contributed by atoms with Crippen molar-refractivity contribution in [3.05, 3.63) is 60.8 Å². The first-order valence-electron chi connectivity index (χ1n) is 35.5. The number of hydrogen-bond acceptors (Lipinski definition) is 18. The van der Waals surface area contributed by atoms with E-state index in [1.807, 2.05) is 6.08 Å². The molecule has 3 aliphatic rings. The molecule has 0 saturated carbocycles. The molecule has 1 amide bonds. The molecule has 19 heteroatoms. The first kappa shape index (κ1) is 81.7. The van der Waals surface area contributed by atoms with Crippen molar-refractivity contribution >= 4 is 5.91 Å². The van der Waals surface area contributed by atoms with Gasteiger partial charge in [-0.2, -0.15) is 0 Å². The van der Waals surface area contributed by atoms with Gasteiger partial charge >= 0.3 is 0 Å². The van der Waals surface area contributed by atoms with Crippen LogP contribution in [0.5, 0.6) is 0 Å². The first-order valence-corrected chi connectivity index (χ1v) is 35.5. The summed E-state index contributed by atoms with van der Waals surface area (Å²) in [6.07, 6.45) is 37.8. The predicted molar refractivity (Wildman–Crippen MR) is 351 cm³/mol. The van der Waals surface area contributed by atoms with E-state index in [9.17, 15) is 61.0 Å². The largest absolute Gasteiger partial charge is 0.394 e. The summed E-state index contributed by atoms with van der Waals surface area (Å²) in [4.78, 5) is 13.4. The summed E-state index contributed by atoms with van der Waals surface area (Å²) in [6.45, 7) is 1.69. The van der Waals surface area contributed by atoms with Gasteiger partial charge in [0.15, 0.2) is 18.9 Å². The summed E-state index contributed by atoms with van der Waals surface area (Å²) < 4.78 is 34.3. The van der Waals surface area contributed by atoms with Gasteiger partial charge in [0, 0.05) is 6.42 Å². The fourth-order valence-corrected chi connectivity index (χ4v) is 11.7. The van der Waals surface area contributed by atoms with E-state index in [4.69, 9.17) is 28.4 Å². The standard InChI is InChI=1S/C71H127NO18/c1-3-5-7-9-11-13-15-17-19-21-22-23-24-25-26-27-28-29-30-31-32-33-35-37-39-41-43-45-47-49-59(77)72-54(55(76)48-46-44-42-40-38-36-34-20-18-16-14-12-10-8-6-4-2)53-85-69-65(83)62(80)67(57(51-74)87-69)90-71-66(84)63(81)68(58(52-75)88-71)89-70-64(82)61(79)60(78)56(50-73)86-70/h15,17-18,20-22,38,40,46,48,54-58,60-71,73-76,78-84H,3-14,16,19,23-37,39,41-45,47,49-53H2,1-2H3,(H,72,77)/b17-15-,20-18+,22-21-,40-38+,48-46+. The average Bonchev–Trinajstić information content (AvgIpc) is 1.05. The van der Waals surface area contributed by atoms with E-state index in [0.717, 1.165) is 51.4 Å². The number of aliphatic hydroxyl groups is 11. The zero-order valence-corrected chi connectivity index (χ0v) is 55.4. The number of rotatable bonds is 54. The molecule has 19 nitrogen and oxygen atoms in total. The molecule has 17 atom stereocenters. The lowest BCUT2D eigenvalue weighted by Gasteiger charge is -2.48. The first-order chi connectivity index (χ1) is 43.8. The van der Waals surface area contributed by atoms with E-state index in [2.05, 4.69) is 67.8 Å². The minimum atomic E-state index is -1.98. The molecule has 3 rings (SSSR count). The van der Waals surface area contributed by atoms with E-state index < -0.39 is 124 Å². The summed E-state index contributed by atoms with van der Waals surface area (Å²) in [5.41, 5.74) is 0. The van der Waals surface area contributed by atoms with Crippen LogP contribution in [0.1, 0.15) is 251 Å². The number of aliphatic hydroxyl groups excluding tert-OH is 11. The molecule has 3 saturated heterocycles. The third-order valence-electron chi connectivity index (χ3n) is 17.5. The number of carbonyl (C=O) groups excluding carboxylic acids is 1. The van der Waals surface area contributed by atoms with Crippen LogP contribution in [0.3, 0.4) is 0 Å². The molecule has 524 valence electrons. The summed E-state index contributed by atoms with van der Waals surface area (Å²) in [6, 6.07) is -0.997. The van der Waals surface area contributed by atoms with Crippen LogP contribution in [0.4, 0.5) is 0 Å². The molecule has 12 N–H and O–H groups in total. The Morgan fingerprint density at radius 3 is 1.18 bits per heavy atom. The molecular formula is C71H127NO18. The van der Waals surface area contributed by atoms with Crippen molar-refractivity contribution in [2.75, 3.05) is 26.4 Å². The highest BCUT2D eigenvalue weighted by Crippen LogP contribution is 2.33. The van der Waals surface area contributed by atoms with Crippen molar-refractivity contribution in [3.63, 3.8) is 0 Å². The van der Waals surface area contributed by atoms with Crippen molar-refractivity contribution in [2.24, 2.45) is 0 Å². The van der Waals surface area contributed by atoms with E-state index >= 15 is 0 Å². The Hall–Kier alpha value is -2.51. The van der Waals surface area contributed by atoms with Gasteiger partial charge in [-0.05, 0) is 77.0 Å². The van der Waals surface area contributed by atoms with Gasteiger partial charge in [-0.1, -0.05) is 229 Å². The molecule has 0 bridgehead atoms. The van der Waals surface area contributed by atoms with E-state index in [0.29, 0.717) is 12.8 Å². The Morgan fingerprint density at radius 2 is 0.744 bits per heavy atom. The Labute approximate surface area is 541 Å². The van der Waals surface area contributed by atoms with Gasteiger partial charge in [-0.15, -0.1) is 0 Å². The number of ether oxygens (including phenoxy) is 6. The maximum atomic E-state index is 13.4. The number of unbranched alkanes of at least 4 members (excludes halogenated alkanes) is 30. The monoisotopic (exact) mass is 1280 g/mol. The molecule has 3 heterocycles. The van der Waals surface area contributed by atoms with Crippen LogP contribution in [0, 0.1) is 0 Å². The third-order valence-corrected chi connectivity index (χ3v) is 17.5. The van der Waals surface area contributed by atoms with E-state index in [1.54, 1.807) is 6.08 Å². The maximum absolute atomic E-state index is 13.4. The van der Waals surface area contributed by atoms with Crippen molar-refractivity contribution in [3.8, 4) is 0 Å². The highest BCUT2D eigenvalue weighted by molar-refractivity contribution is 5.76. The molecule has 0 radical (unpaired) electrons. The zero-order chi connectivity index (χ0) is 65.4.